The molecule has 1 amide bonds. The smallest absolute Gasteiger partial charge is 0.302 e. The van der Waals surface area contributed by atoms with E-state index in [0.717, 1.165) is 33.0 Å². The molecule has 1 aliphatic heterocycles. The van der Waals surface area contributed by atoms with Gasteiger partial charge in [0, 0.05) is 31.4 Å². The van der Waals surface area contributed by atoms with Gasteiger partial charge in [-0.1, -0.05) is 31.5 Å². The van der Waals surface area contributed by atoms with E-state index in [-0.39, 0.29) is 24.0 Å². The predicted molar refractivity (Wildman–Crippen MR) is 145 cm³/mol. The minimum atomic E-state index is -0.363. The number of carbonyl (C=O) groups excluding carboxylic acids is 2. The number of rotatable bonds is 4. The molecule has 4 heterocycles. The zero-order valence-electron chi connectivity index (χ0n) is 21.3. The molecule has 0 spiro atoms. The summed E-state index contributed by atoms with van der Waals surface area (Å²) in [6.07, 6.45) is 3.99. The number of hydrogen-bond donors (Lipinski definition) is 0. The van der Waals surface area contributed by atoms with Crippen molar-refractivity contribution >= 4 is 56.4 Å². The van der Waals surface area contributed by atoms with Crippen LogP contribution in [-0.2, 0) is 14.3 Å². The lowest BCUT2D eigenvalue weighted by atomic mass is 10.2. The van der Waals surface area contributed by atoms with Crippen LogP contribution in [0.25, 0.3) is 16.7 Å². The lowest BCUT2D eigenvalue weighted by molar-refractivity contribution is -0.146. The van der Waals surface area contributed by atoms with Crippen LogP contribution in [0.4, 0.5) is 0 Å². The first kappa shape index (κ1) is 26.2. The normalized spacial score (nSPS) is 17.4. The van der Waals surface area contributed by atoms with Gasteiger partial charge in [0.15, 0.2) is 5.65 Å². The first-order valence-electron chi connectivity index (χ1n) is 12.0. The number of benzene rings is 1. The Balaban J connectivity index is 0.00000148. The highest BCUT2D eigenvalue weighted by atomic mass is 79.9. The fourth-order valence-electron chi connectivity index (χ4n) is 4.58. The molecule has 0 saturated carbocycles. The lowest BCUT2D eigenvalue weighted by Crippen LogP contribution is -2.31. The van der Waals surface area contributed by atoms with E-state index >= 15 is 0 Å². The van der Waals surface area contributed by atoms with E-state index < -0.39 is 0 Å². The van der Waals surface area contributed by atoms with E-state index in [1.54, 1.807) is 23.0 Å². The summed E-state index contributed by atoms with van der Waals surface area (Å²) in [6, 6.07) is 8.05. The van der Waals surface area contributed by atoms with Crippen molar-refractivity contribution in [1.82, 2.24) is 23.2 Å². The maximum atomic E-state index is 12.5. The zero-order chi connectivity index (χ0) is 26.1. The quantitative estimate of drug-likeness (QED) is 0.285. The predicted octanol–water partition coefficient (Wildman–Crippen LogP) is 5.87. The van der Waals surface area contributed by atoms with Gasteiger partial charge in [-0.05, 0) is 59.4 Å². The van der Waals surface area contributed by atoms with Gasteiger partial charge in [0.1, 0.15) is 16.5 Å². The molecule has 1 fully saturated rings. The van der Waals surface area contributed by atoms with Crippen molar-refractivity contribution in [3.05, 3.63) is 58.2 Å². The molecule has 8 nitrogen and oxygen atoms in total. The molecule has 4 aromatic rings. The van der Waals surface area contributed by atoms with E-state index in [1.807, 2.05) is 20.8 Å². The summed E-state index contributed by atoms with van der Waals surface area (Å²) in [5.74, 6) is 0.290. The molecule has 3 aromatic heterocycles. The monoisotopic (exact) mass is 571 g/mol. The number of likely N-dealkylation sites (tertiary alicyclic amines) is 1. The number of fused-ring (bicyclic) bond motifs is 3. The largest absolute Gasteiger partial charge is 0.461 e. The minimum Gasteiger partial charge on any atom is -0.461 e. The summed E-state index contributed by atoms with van der Waals surface area (Å²) in [5.41, 5.74) is 4.82. The SMILES string of the molecule is CC.CC(=O)OC1CC(c2nc(Br)c3cnc4c(c(C)cn4Sc4ccc(C)cc4)n23)N(C(C)=O)C1. The molecule has 2 unspecified atom stereocenters. The van der Waals surface area contributed by atoms with Gasteiger partial charge in [-0.25, -0.2) is 9.97 Å². The molecule has 36 heavy (non-hydrogen) atoms. The molecule has 0 bridgehead atoms. The number of halogens is 1. The third-order valence-corrected chi connectivity index (χ3v) is 7.60. The van der Waals surface area contributed by atoms with Crippen molar-refractivity contribution in [2.75, 3.05) is 6.54 Å². The van der Waals surface area contributed by atoms with Crippen LogP contribution in [0.5, 0.6) is 0 Å². The second-order valence-electron chi connectivity index (χ2n) is 8.61. The van der Waals surface area contributed by atoms with E-state index in [0.29, 0.717) is 17.6 Å². The van der Waals surface area contributed by atoms with Crippen molar-refractivity contribution in [2.24, 2.45) is 0 Å². The second-order valence-corrected chi connectivity index (χ2v) is 10.4. The maximum Gasteiger partial charge on any atom is 0.302 e. The Kier molecular flexibility index (Phi) is 7.75. The van der Waals surface area contributed by atoms with Crippen LogP contribution in [0.1, 0.15) is 57.1 Å². The second kappa shape index (κ2) is 10.6. The molecule has 5 rings (SSSR count). The number of ether oxygens (including phenoxy) is 1. The minimum absolute atomic E-state index is 0.0814. The summed E-state index contributed by atoms with van der Waals surface area (Å²) >= 11 is 5.18. The molecule has 0 N–H and O–H groups in total. The van der Waals surface area contributed by atoms with E-state index in [2.05, 4.69) is 61.7 Å². The van der Waals surface area contributed by atoms with Crippen LogP contribution < -0.4 is 0 Å². The Bertz CT molecular complexity index is 1430. The van der Waals surface area contributed by atoms with E-state index in [1.165, 1.54) is 19.4 Å². The number of amides is 1. The van der Waals surface area contributed by atoms with Crippen LogP contribution >= 0.6 is 27.9 Å². The molecule has 1 saturated heterocycles. The molecule has 0 aliphatic carbocycles. The van der Waals surface area contributed by atoms with Crippen molar-refractivity contribution < 1.29 is 14.3 Å². The fraction of sp³-hybridized carbons (Fsp3) is 0.385. The van der Waals surface area contributed by atoms with Gasteiger partial charge in [-0.15, -0.1) is 0 Å². The standard InChI is InChI=1S/C24H24BrN5O3S.C2H6/c1-13-5-7-18(8-6-13)34-29-11-14(2)21-24(29)26-10-20-22(25)27-23(30(20)21)19-9-17(33-16(4)32)12-28(19)15(3)31;1-2/h5-8,10-11,17,19H,9,12H2,1-4H3;1-2H3. The molecular formula is C26H30BrN5O3S. The first-order valence-corrected chi connectivity index (χ1v) is 13.5. The van der Waals surface area contributed by atoms with Gasteiger partial charge >= 0.3 is 5.97 Å². The summed E-state index contributed by atoms with van der Waals surface area (Å²) in [6.45, 7) is 11.4. The Hall–Kier alpha value is -2.85. The Morgan fingerprint density at radius 2 is 1.83 bits per heavy atom. The van der Waals surface area contributed by atoms with Gasteiger partial charge in [-0.3, -0.25) is 18.0 Å². The van der Waals surface area contributed by atoms with Gasteiger partial charge in [0.2, 0.25) is 5.91 Å². The summed E-state index contributed by atoms with van der Waals surface area (Å²) < 4.78 is 10.2. The molecule has 2 atom stereocenters. The van der Waals surface area contributed by atoms with E-state index in [9.17, 15) is 9.59 Å². The Labute approximate surface area is 223 Å². The van der Waals surface area contributed by atoms with Crippen molar-refractivity contribution in [3.8, 4) is 0 Å². The van der Waals surface area contributed by atoms with Crippen LogP contribution in [0.3, 0.4) is 0 Å². The molecule has 0 radical (unpaired) electrons. The highest BCUT2D eigenvalue weighted by Crippen LogP contribution is 2.38. The first-order chi connectivity index (χ1) is 17.2. The van der Waals surface area contributed by atoms with Crippen LogP contribution in [0.15, 0.2) is 46.2 Å². The Morgan fingerprint density at radius 1 is 1.14 bits per heavy atom. The van der Waals surface area contributed by atoms with Crippen LogP contribution in [0, 0.1) is 13.8 Å². The lowest BCUT2D eigenvalue weighted by Gasteiger charge is -2.22. The average Bonchev–Trinajstić information content (AvgIpc) is 3.50. The number of aryl methyl sites for hydroxylation is 2. The third-order valence-electron chi connectivity index (χ3n) is 6.05. The van der Waals surface area contributed by atoms with Crippen molar-refractivity contribution in [1.29, 1.82) is 0 Å². The number of hydrogen-bond acceptors (Lipinski definition) is 6. The van der Waals surface area contributed by atoms with Gasteiger partial charge < -0.3 is 9.64 Å². The van der Waals surface area contributed by atoms with Crippen molar-refractivity contribution in [3.63, 3.8) is 0 Å². The fourth-order valence-corrected chi connectivity index (χ4v) is 5.96. The molecule has 190 valence electrons. The highest BCUT2D eigenvalue weighted by Gasteiger charge is 2.39. The topological polar surface area (TPSA) is 81.7 Å². The summed E-state index contributed by atoms with van der Waals surface area (Å²) in [7, 11) is 0. The Morgan fingerprint density at radius 3 is 2.47 bits per heavy atom. The highest BCUT2D eigenvalue weighted by molar-refractivity contribution is 9.10. The molecule has 1 aromatic carbocycles. The molecule has 10 heteroatoms. The van der Waals surface area contributed by atoms with Gasteiger partial charge in [-0.2, -0.15) is 0 Å². The number of esters is 1. The van der Waals surface area contributed by atoms with Gasteiger partial charge in [0.25, 0.3) is 0 Å². The number of imidazole rings is 1. The zero-order valence-corrected chi connectivity index (χ0v) is 23.7. The van der Waals surface area contributed by atoms with Crippen LogP contribution in [0.2, 0.25) is 0 Å². The number of carbonyl (C=O) groups is 2. The van der Waals surface area contributed by atoms with Gasteiger partial charge in [0.05, 0.1) is 29.8 Å². The average molecular weight is 573 g/mol. The summed E-state index contributed by atoms with van der Waals surface area (Å²) in [4.78, 5) is 36.4. The number of nitrogens with zero attached hydrogens (tertiary/aromatic N) is 5. The van der Waals surface area contributed by atoms with Crippen LogP contribution in [-0.4, -0.2) is 47.8 Å². The summed E-state index contributed by atoms with van der Waals surface area (Å²) in [5, 5.41) is 0. The molecular weight excluding hydrogens is 542 g/mol. The maximum absolute atomic E-state index is 12.5. The third kappa shape index (κ3) is 4.88. The van der Waals surface area contributed by atoms with E-state index in [4.69, 9.17) is 14.7 Å². The number of aromatic nitrogens is 4. The molecule has 1 aliphatic rings. The van der Waals surface area contributed by atoms with Crippen molar-refractivity contribution in [2.45, 2.75) is 65.0 Å².